The second-order valence-corrected chi connectivity index (χ2v) is 10.6. The number of pyridine rings is 1. The number of fused-ring (bicyclic) bond motifs is 3. The Labute approximate surface area is 199 Å². The van der Waals surface area contributed by atoms with E-state index in [2.05, 4.69) is 50.8 Å². The number of hydrogen-bond acceptors (Lipinski definition) is 5. The van der Waals surface area contributed by atoms with Gasteiger partial charge in [-0.05, 0) is 61.9 Å². The molecule has 0 radical (unpaired) electrons. The van der Waals surface area contributed by atoms with Crippen molar-refractivity contribution in [2.24, 2.45) is 5.92 Å². The van der Waals surface area contributed by atoms with Gasteiger partial charge in [0.1, 0.15) is 5.52 Å². The third-order valence-corrected chi connectivity index (χ3v) is 8.42. The van der Waals surface area contributed by atoms with Crippen LogP contribution in [0.3, 0.4) is 0 Å². The van der Waals surface area contributed by atoms with Crippen molar-refractivity contribution in [1.29, 1.82) is 0 Å². The highest BCUT2D eigenvalue weighted by Crippen LogP contribution is 2.36. The highest BCUT2D eigenvalue weighted by molar-refractivity contribution is 7.99. The highest BCUT2D eigenvalue weighted by Gasteiger charge is 2.22. The summed E-state index contributed by atoms with van der Waals surface area (Å²) < 4.78 is 2.37. The van der Waals surface area contributed by atoms with Gasteiger partial charge in [0.15, 0.2) is 11.0 Å². The van der Waals surface area contributed by atoms with Gasteiger partial charge in [-0.1, -0.05) is 60.6 Å². The molecular weight excluding hydrogens is 426 g/mol. The van der Waals surface area contributed by atoms with E-state index in [1.807, 2.05) is 23.9 Å². The molecule has 0 spiro atoms. The van der Waals surface area contributed by atoms with Crippen molar-refractivity contribution >= 4 is 39.5 Å². The van der Waals surface area contributed by atoms with Crippen LogP contribution in [0.1, 0.15) is 43.2 Å². The van der Waals surface area contributed by atoms with Gasteiger partial charge in [-0.3, -0.25) is 4.90 Å². The van der Waals surface area contributed by atoms with Crippen molar-refractivity contribution < 1.29 is 0 Å². The van der Waals surface area contributed by atoms with Gasteiger partial charge in [0.2, 0.25) is 0 Å². The smallest absolute Gasteiger partial charge is 0.169 e. The van der Waals surface area contributed by atoms with Crippen molar-refractivity contribution in [2.75, 3.05) is 24.6 Å². The minimum atomic E-state index is 0.522. The van der Waals surface area contributed by atoms with Gasteiger partial charge in [0, 0.05) is 17.7 Å². The average molecular weight is 458 g/mol. The van der Waals surface area contributed by atoms with E-state index < -0.39 is 0 Å². The van der Waals surface area contributed by atoms with Crippen molar-refractivity contribution in [1.82, 2.24) is 19.4 Å². The Balaban J connectivity index is 1.36. The van der Waals surface area contributed by atoms with Gasteiger partial charge >= 0.3 is 0 Å². The summed E-state index contributed by atoms with van der Waals surface area (Å²) in [6, 6.07) is 17.4. The SMILES string of the molecule is Nc1nc2ccccc2c2c1nc(SCC1CCC1)n2Cc1ccc(CN2CCCC2)cc1. The molecule has 0 bridgehead atoms. The summed E-state index contributed by atoms with van der Waals surface area (Å²) in [6.07, 6.45) is 6.72. The van der Waals surface area contributed by atoms with Gasteiger partial charge in [0.25, 0.3) is 0 Å². The molecule has 1 aliphatic heterocycles. The number of para-hydroxylation sites is 1. The minimum Gasteiger partial charge on any atom is -0.382 e. The maximum absolute atomic E-state index is 6.39. The molecule has 170 valence electrons. The summed E-state index contributed by atoms with van der Waals surface area (Å²) in [7, 11) is 0. The lowest BCUT2D eigenvalue weighted by molar-refractivity contribution is 0.331. The molecule has 0 atom stereocenters. The Hall–Kier alpha value is -2.57. The Morgan fingerprint density at radius 2 is 1.61 bits per heavy atom. The number of likely N-dealkylation sites (tertiary alicyclic amines) is 1. The first kappa shape index (κ1) is 21.0. The Kier molecular flexibility index (Phi) is 5.72. The molecule has 4 aromatic rings. The molecule has 2 aromatic carbocycles. The number of nitrogens with zero attached hydrogens (tertiary/aromatic N) is 4. The Morgan fingerprint density at radius 3 is 2.33 bits per heavy atom. The predicted octanol–water partition coefficient (Wildman–Crippen LogP) is 5.70. The first-order valence-corrected chi connectivity index (χ1v) is 13.2. The fourth-order valence-corrected chi connectivity index (χ4v) is 6.26. The molecule has 1 aliphatic carbocycles. The molecule has 2 fully saturated rings. The number of imidazole rings is 1. The lowest BCUT2D eigenvalue weighted by Gasteiger charge is -2.24. The maximum Gasteiger partial charge on any atom is 0.169 e. The first-order chi connectivity index (χ1) is 16.2. The molecular formula is C27H31N5S. The van der Waals surface area contributed by atoms with E-state index >= 15 is 0 Å². The summed E-state index contributed by atoms with van der Waals surface area (Å²) in [4.78, 5) is 12.2. The van der Waals surface area contributed by atoms with E-state index in [4.69, 9.17) is 10.7 Å². The zero-order valence-electron chi connectivity index (χ0n) is 19.0. The number of nitrogens with two attached hydrogens (primary N) is 1. The number of aromatic nitrogens is 3. The van der Waals surface area contributed by atoms with Crippen LogP contribution in [0.15, 0.2) is 53.7 Å². The zero-order valence-corrected chi connectivity index (χ0v) is 19.9. The molecule has 0 amide bonds. The van der Waals surface area contributed by atoms with Gasteiger partial charge in [-0.2, -0.15) is 0 Å². The molecule has 6 heteroatoms. The lowest BCUT2D eigenvalue weighted by atomic mass is 9.87. The number of benzene rings is 2. The van der Waals surface area contributed by atoms with Gasteiger partial charge in [-0.25, -0.2) is 9.97 Å². The predicted molar refractivity (Wildman–Crippen MR) is 138 cm³/mol. The Morgan fingerprint density at radius 1 is 0.879 bits per heavy atom. The molecule has 2 aromatic heterocycles. The molecule has 1 saturated carbocycles. The van der Waals surface area contributed by atoms with Crippen LogP contribution in [0.25, 0.3) is 21.9 Å². The first-order valence-electron chi connectivity index (χ1n) is 12.2. The largest absolute Gasteiger partial charge is 0.382 e. The third-order valence-electron chi connectivity index (χ3n) is 7.22. The topological polar surface area (TPSA) is 60.0 Å². The Bertz CT molecular complexity index is 1270. The highest BCUT2D eigenvalue weighted by atomic mass is 32.2. The zero-order chi connectivity index (χ0) is 22.2. The van der Waals surface area contributed by atoms with Crippen LogP contribution in [-0.4, -0.2) is 38.3 Å². The molecule has 5 nitrogen and oxygen atoms in total. The fraction of sp³-hybridized carbons (Fsp3) is 0.407. The van der Waals surface area contributed by atoms with E-state index in [1.54, 1.807) is 0 Å². The van der Waals surface area contributed by atoms with Crippen molar-refractivity contribution in [3.8, 4) is 0 Å². The van der Waals surface area contributed by atoms with Crippen LogP contribution < -0.4 is 5.73 Å². The summed E-state index contributed by atoms with van der Waals surface area (Å²) in [5.41, 5.74) is 11.9. The molecule has 3 heterocycles. The maximum atomic E-state index is 6.39. The van der Waals surface area contributed by atoms with Gasteiger partial charge < -0.3 is 10.3 Å². The second kappa shape index (κ2) is 8.99. The van der Waals surface area contributed by atoms with Gasteiger partial charge in [-0.15, -0.1) is 0 Å². The normalized spacial score (nSPS) is 17.2. The second-order valence-electron chi connectivity index (χ2n) is 9.60. The summed E-state index contributed by atoms with van der Waals surface area (Å²) in [6.45, 7) is 4.31. The van der Waals surface area contributed by atoms with Crippen molar-refractivity contribution in [3.63, 3.8) is 0 Å². The third kappa shape index (κ3) is 4.22. The van der Waals surface area contributed by atoms with Crippen LogP contribution in [0.2, 0.25) is 0 Å². The van der Waals surface area contributed by atoms with Gasteiger partial charge in [0.05, 0.1) is 17.6 Å². The van der Waals surface area contributed by atoms with E-state index in [0.29, 0.717) is 5.82 Å². The molecule has 2 aliphatic rings. The summed E-state index contributed by atoms with van der Waals surface area (Å²) in [5, 5.41) is 2.18. The van der Waals surface area contributed by atoms with Crippen LogP contribution in [0.5, 0.6) is 0 Å². The van der Waals surface area contributed by atoms with E-state index in [1.165, 1.54) is 56.3 Å². The standard InChI is InChI=1S/C27H31N5S/c28-26-24-25(22-8-1-2-9-23(22)29-26)32(27(30-24)33-18-21-6-5-7-21)17-20-12-10-19(11-13-20)16-31-14-3-4-15-31/h1-2,8-13,21H,3-7,14-18H2,(H2,28,29). The number of nitrogen functional groups attached to an aromatic ring is 1. The van der Waals surface area contributed by atoms with Crippen LogP contribution in [0, 0.1) is 5.92 Å². The quantitative estimate of drug-likeness (QED) is 0.361. The van der Waals surface area contributed by atoms with Crippen LogP contribution in [-0.2, 0) is 13.1 Å². The minimum absolute atomic E-state index is 0.522. The molecule has 6 rings (SSSR count). The van der Waals surface area contributed by atoms with E-state index in [-0.39, 0.29) is 0 Å². The number of anilines is 1. The van der Waals surface area contributed by atoms with Crippen LogP contribution in [0.4, 0.5) is 5.82 Å². The van der Waals surface area contributed by atoms with Crippen LogP contribution >= 0.6 is 11.8 Å². The number of hydrogen-bond donors (Lipinski definition) is 1. The lowest BCUT2D eigenvalue weighted by Crippen LogP contribution is -2.18. The molecule has 33 heavy (non-hydrogen) atoms. The number of rotatable bonds is 7. The molecule has 1 saturated heterocycles. The summed E-state index contributed by atoms with van der Waals surface area (Å²) in [5.74, 6) is 2.47. The molecule has 2 N–H and O–H groups in total. The van der Waals surface area contributed by atoms with E-state index in [9.17, 15) is 0 Å². The summed E-state index contributed by atoms with van der Waals surface area (Å²) >= 11 is 1.88. The molecule has 0 unspecified atom stereocenters. The number of thioether (sulfide) groups is 1. The van der Waals surface area contributed by atoms with Crippen molar-refractivity contribution in [2.45, 2.75) is 50.4 Å². The average Bonchev–Trinajstić information content (AvgIpc) is 3.43. The fourth-order valence-electron chi connectivity index (χ4n) is 5.08. The van der Waals surface area contributed by atoms with E-state index in [0.717, 1.165) is 51.9 Å². The van der Waals surface area contributed by atoms with Crippen molar-refractivity contribution in [3.05, 3.63) is 59.7 Å². The monoisotopic (exact) mass is 457 g/mol.